The van der Waals surface area contributed by atoms with Crippen LogP contribution in [0.5, 0.6) is 0 Å². The fourth-order valence-corrected chi connectivity index (χ4v) is 6.84. The first kappa shape index (κ1) is 61.1. The largest absolute Gasteiger partial charge is 0.462 e. The smallest absolute Gasteiger partial charge is 0.306 e. The number of carbonyl (C=O) groups is 3. The van der Waals surface area contributed by atoms with E-state index < -0.39 is 6.10 Å². The molecule has 6 nitrogen and oxygen atoms in total. The molecule has 0 radical (unpaired) electrons. The first-order valence-electron chi connectivity index (χ1n) is 26.4. The van der Waals surface area contributed by atoms with E-state index in [1.807, 2.05) is 12.2 Å². The van der Waals surface area contributed by atoms with Crippen molar-refractivity contribution in [3.05, 3.63) is 109 Å². The number of rotatable bonds is 46. The highest BCUT2D eigenvalue weighted by atomic mass is 16.6. The van der Waals surface area contributed by atoms with E-state index >= 15 is 0 Å². The quantitative estimate of drug-likeness (QED) is 0.0262. The second-order valence-corrected chi connectivity index (χ2v) is 17.1. The molecule has 0 N–H and O–H groups in total. The third-order valence-electron chi connectivity index (χ3n) is 10.8. The van der Waals surface area contributed by atoms with Gasteiger partial charge in [-0.3, -0.25) is 14.4 Å². The third kappa shape index (κ3) is 50.9. The van der Waals surface area contributed by atoms with Crippen LogP contribution in [0.15, 0.2) is 109 Å². The monoisotopic (exact) mass is 901 g/mol. The Hall–Kier alpha value is -3.93. The van der Waals surface area contributed by atoms with E-state index in [9.17, 15) is 14.4 Å². The molecule has 0 spiro atoms. The molecule has 6 heteroatoms. The standard InChI is InChI=1S/C59H96O6/c1-4-7-10-13-16-19-22-24-26-28-29-31-32-34-37-40-43-46-49-52-58(61)64-55-56(54-63-57(60)51-48-45-42-39-36-21-18-15-12-9-6-3)65-59(62)53-50-47-44-41-38-35-33-30-27-25-23-20-17-14-11-8-5-2/h7,10,16,19,24-27,29,31,33-35,37,41,43-44,46,56H,4-6,8-9,11-15,17-18,20-23,28,30,32,36,38-40,42,45,47-55H2,1-3H3/b10-7-,19-16-,26-24-,27-25-,31-29-,35-33-,37-34-,44-41-,46-43-. The van der Waals surface area contributed by atoms with Crippen molar-refractivity contribution in [1.29, 1.82) is 0 Å². The predicted molar refractivity (Wildman–Crippen MR) is 279 cm³/mol. The molecule has 0 heterocycles. The lowest BCUT2D eigenvalue weighted by Gasteiger charge is -2.18. The van der Waals surface area contributed by atoms with Crippen molar-refractivity contribution in [1.82, 2.24) is 0 Å². The van der Waals surface area contributed by atoms with E-state index in [-0.39, 0.29) is 44.0 Å². The van der Waals surface area contributed by atoms with E-state index in [0.29, 0.717) is 19.3 Å². The molecule has 0 aromatic carbocycles. The molecule has 65 heavy (non-hydrogen) atoms. The van der Waals surface area contributed by atoms with Crippen LogP contribution in [0.25, 0.3) is 0 Å². The molecular formula is C59H96O6. The van der Waals surface area contributed by atoms with Crippen molar-refractivity contribution in [3.8, 4) is 0 Å². The van der Waals surface area contributed by atoms with Gasteiger partial charge in [-0.1, -0.05) is 226 Å². The second-order valence-electron chi connectivity index (χ2n) is 17.1. The van der Waals surface area contributed by atoms with Gasteiger partial charge in [-0.05, 0) is 89.9 Å². The highest BCUT2D eigenvalue weighted by Gasteiger charge is 2.19. The Morgan fingerprint density at radius 2 is 0.646 bits per heavy atom. The molecule has 0 aliphatic carbocycles. The molecular weight excluding hydrogens is 805 g/mol. The SMILES string of the molecule is CC/C=C\C/C=C\C/C=C\C/C=C\C/C=C\C/C=C\CCC(=O)OCC(COC(=O)CCCCCCCCCCCCC)OC(=O)CCC/C=C\C/C=C\C/C=C\CCCCCCCC. The zero-order valence-corrected chi connectivity index (χ0v) is 42.0. The lowest BCUT2D eigenvalue weighted by molar-refractivity contribution is -0.166. The van der Waals surface area contributed by atoms with E-state index in [1.165, 1.54) is 96.3 Å². The van der Waals surface area contributed by atoms with Gasteiger partial charge in [0.15, 0.2) is 6.10 Å². The molecule has 368 valence electrons. The Bertz CT molecular complexity index is 1360. The van der Waals surface area contributed by atoms with Crippen LogP contribution < -0.4 is 0 Å². The highest BCUT2D eigenvalue weighted by molar-refractivity contribution is 5.71. The number of unbranched alkanes of at least 4 members (excludes halogenated alkanes) is 17. The molecule has 0 saturated carbocycles. The van der Waals surface area contributed by atoms with Gasteiger partial charge in [0.25, 0.3) is 0 Å². The summed E-state index contributed by atoms with van der Waals surface area (Å²) in [7, 11) is 0. The second kappa shape index (κ2) is 52.7. The number of hydrogen-bond acceptors (Lipinski definition) is 6. The Kier molecular flexibility index (Phi) is 49.5. The van der Waals surface area contributed by atoms with Crippen molar-refractivity contribution >= 4 is 17.9 Å². The Balaban J connectivity index is 4.57. The highest BCUT2D eigenvalue weighted by Crippen LogP contribution is 2.13. The molecule has 0 aromatic heterocycles. The summed E-state index contributed by atoms with van der Waals surface area (Å²) in [5.41, 5.74) is 0. The zero-order valence-electron chi connectivity index (χ0n) is 42.0. The van der Waals surface area contributed by atoms with Crippen LogP contribution in [0.4, 0.5) is 0 Å². The number of ether oxygens (including phenoxy) is 3. The summed E-state index contributed by atoms with van der Waals surface area (Å²) in [5.74, 6) is -1.07. The maximum absolute atomic E-state index is 12.8. The van der Waals surface area contributed by atoms with Crippen LogP contribution in [0, 0.1) is 0 Å². The van der Waals surface area contributed by atoms with Gasteiger partial charge in [0.05, 0.1) is 0 Å². The summed E-state index contributed by atoms with van der Waals surface area (Å²) in [6.07, 6.45) is 70.9. The van der Waals surface area contributed by atoms with Gasteiger partial charge in [-0.15, -0.1) is 0 Å². The number of allylic oxidation sites excluding steroid dienone is 18. The lowest BCUT2D eigenvalue weighted by atomic mass is 10.1. The molecule has 1 unspecified atom stereocenters. The molecule has 0 aliphatic heterocycles. The van der Waals surface area contributed by atoms with Gasteiger partial charge in [0, 0.05) is 19.3 Å². The Morgan fingerprint density at radius 3 is 1.08 bits per heavy atom. The Morgan fingerprint density at radius 1 is 0.323 bits per heavy atom. The average Bonchev–Trinajstić information content (AvgIpc) is 3.30. The van der Waals surface area contributed by atoms with Crippen molar-refractivity contribution < 1.29 is 28.6 Å². The summed E-state index contributed by atoms with van der Waals surface area (Å²) in [6, 6.07) is 0. The van der Waals surface area contributed by atoms with Crippen molar-refractivity contribution in [2.75, 3.05) is 13.2 Å². The van der Waals surface area contributed by atoms with Crippen LogP contribution in [-0.2, 0) is 28.6 Å². The predicted octanol–water partition coefficient (Wildman–Crippen LogP) is 17.5. The lowest BCUT2D eigenvalue weighted by Crippen LogP contribution is -2.30. The molecule has 0 fully saturated rings. The number of hydrogen-bond donors (Lipinski definition) is 0. The summed E-state index contributed by atoms with van der Waals surface area (Å²) in [5, 5.41) is 0. The van der Waals surface area contributed by atoms with Gasteiger partial charge in [-0.2, -0.15) is 0 Å². The Labute approximate surface area is 400 Å². The van der Waals surface area contributed by atoms with Gasteiger partial charge in [-0.25, -0.2) is 0 Å². The maximum Gasteiger partial charge on any atom is 0.306 e. The molecule has 0 aromatic rings. The van der Waals surface area contributed by atoms with Crippen molar-refractivity contribution in [2.45, 2.75) is 232 Å². The summed E-state index contributed by atoms with van der Waals surface area (Å²) in [4.78, 5) is 37.9. The first-order valence-corrected chi connectivity index (χ1v) is 26.4. The summed E-state index contributed by atoms with van der Waals surface area (Å²) >= 11 is 0. The van der Waals surface area contributed by atoms with E-state index in [2.05, 4.69) is 118 Å². The number of esters is 3. The van der Waals surface area contributed by atoms with E-state index in [4.69, 9.17) is 14.2 Å². The topological polar surface area (TPSA) is 78.9 Å². The molecule has 1 atom stereocenters. The van der Waals surface area contributed by atoms with Gasteiger partial charge in [0.2, 0.25) is 0 Å². The molecule has 0 aliphatic rings. The van der Waals surface area contributed by atoms with Gasteiger partial charge < -0.3 is 14.2 Å². The number of carbonyl (C=O) groups excluding carboxylic acids is 3. The minimum absolute atomic E-state index is 0.122. The first-order chi connectivity index (χ1) is 32.0. The van der Waals surface area contributed by atoms with E-state index in [1.54, 1.807) is 0 Å². The van der Waals surface area contributed by atoms with Crippen molar-refractivity contribution in [2.24, 2.45) is 0 Å². The third-order valence-corrected chi connectivity index (χ3v) is 10.8. The van der Waals surface area contributed by atoms with Crippen LogP contribution in [-0.4, -0.2) is 37.2 Å². The van der Waals surface area contributed by atoms with Gasteiger partial charge >= 0.3 is 17.9 Å². The van der Waals surface area contributed by atoms with Gasteiger partial charge in [0.1, 0.15) is 13.2 Å². The normalized spacial score (nSPS) is 13.0. The average molecular weight is 901 g/mol. The zero-order chi connectivity index (χ0) is 47.2. The molecule has 0 rings (SSSR count). The van der Waals surface area contributed by atoms with Crippen molar-refractivity contribution in [3.63, 3.8) is 0 Å². The molecule has 0 bridgehead atoms. The minimum Gasteiger partial charge on any atom is -0.462 e. The fraction of sp³-hybridized carbons (Fsp3) is 0.644. The minimum atomic E-state index is -0.834. The molecule has 0 saturated heterocycles. The van der Waals surface area contributed by atoms with E-state index in [0.717, 1.165) is 77.0 Å². The summed E-state index contributed by atoms with van der Waals surface area (Å²) in [6.45, 7) is 6.39. The van der Waals surface area contributed by atoms with Crippen LogP contribution in [0.2, 0.25) is 0 Å². The molecule has 0 amide bonds. The van der Waals surface area contributed by atoms with Crippen LogP contribution in [0.3, 0.4) is 0 Å². The summed E-state index contributed by atoms with van der Waals surface area (Å²) < 4.78 is 16.7. The fourth-order valence-electron chi connectivity index (χ4n) is 6.84. The maximum atomic E-state index is 12.8. The van der Waals surface area contributed by atoms with Crippen LogP contribution >= 0.6 is 0 Å². The van der Waals surface area contributed by atoms with Crippen LogP contribution in [0.1, 0.15) is 226 Å².